The zero-order valence-corrected chi connectivity index (χ0v) is 9.13. The fourth-order valence-electron chi connectivity index (χ4n) is 3.06. The summed E-state index contributed by atoms with van der Waals surface area (Å²) in [7, 11) is 0. The topological polar surface area (TPSA) is 33.1 Å². The second-order valence-corrected chi connectivity index (χ2v) is 5.49. The number of fused-ring (bicyclic) bond motifs is 1. The minimum atomic E-state index is -0.225. The third kappa shape index (κ3) is 1.22. The van der Waals surface area contributed by atoms with Crippen molar-refractivity contribution in [1.82, 2.24) is 4.37 Å². The van der Waals surface area contributed by atoms with Crippen molar-refractivity contribution in [1.29, 1.82) is 0 Å². The summed E-state index contributed by atoms with van der Waals surface area (Å²) >= 11 is 1.46. The van der Waals surface area contributed by atoms with E-state index in [0.717, 1.165) is 22.4 Å². The van der Waals surface area contributed by atoms with Gasteiger partial charge in [-0.15, -0.1) is 0 Å². The molecule has 3 unspecified atom stereocenters. The zero-order valence-electron chi connectivity index (χ0n) is 8.31. The quantitative estimate of drug-likeness (QED) is 0.812. The molecule has 2 aliphatic rings. The third-order valence-corrected chi connectivity index (χ3v) is 4.72. The Kier molecular flexibility index (Phi) is 1.92. The molecule has 2 nitrogen and oxygen atoms in total. The maximum atomic E-state index is 10.1. The molecule has 2 fully saturated rings. The van der Waals surface area contributed by atoms with Crippen LogP contribution in [0.2, 0.25) is 0 Å². The minimum absolute atomic E-state index is 0.225. The Labute approximate surface area is 88.1 Å². The first-order valence-electron chi connectivity index (χ1n) is 5.38. The number of aliphatic hydroxyl groups is 1. The molecule has 2 saturated carbocycles. The first-order valence-corrected chi connectivity index (χ1v) is 6.16. The van der Waals surface area contributed by atoms with Gasteiger partial charge in [0, 0.05) is 0 Å². The van der Waals surface area contributed by atoms with E-state index in [1.165, 1.54) is 30.8 Å². The Hall–Kier alpha value is -0.410. The van der Waals surface area contributed by atoms with Crippen molar-refractivity contribution in [2.24, 2.45) is 17.8 Å². The number of nitrogens with zero attached hydrogens (tertiary/aromatic N) is 1. The van der Waals surface area contributed by atoms with Crippen LogP contribution in [-0.2, 0) is 0 Å². The summed E-state index contributed by atoms with van der Waals surface area (Å²) in [6, 6.07) is 2.03. The monoisotopic (exact) mass is 209 g/mol. The summed E-state index contributed by atoms with van der Waals surface area (Å²) in [4.78, 5) is 1.07. The van der Waals surface area contributed by atoms with Gasteiger partial charge in [0.05, 0.1) is 16.7 Å². The fraction of sp³-hybridized carbons (Fsp3) is 0.727. The van der Waals surface area contributed by atoms with Crippen molar-refractivity contribution < 1.29 is 5.11 Å². The molecule has 1 N–H and O–H groups in total. The van der Waals surface area contributed by atoms with Crippen LogP contribution in [0.4, 0.5) is 0 Å². The van der Waals surface area contributed by atoms with Crippen LogP contribution >= 0.6 is 11.5 Å². The molecule has 3 atom stereocenters. The van der Waals surface area contributed by atoms with Crippen molar-refractivity contribution in [3.05, 3.63) is 16.6 Å². The molecule has 1 heterocycles. The van der Waals surface area contributed by atoms with Crippen molar-refractivity contribution in [2.75, 3.05) is 0 Å². The fourth-order valence-corrected chi connectivity index (χ4v) is 3.85. The Bertz CT molecular complexity index is 339. The maximum absolute atomic E-state index is 10.1. The van der Waals surface area contributed by atoms with E-state index in [2.05, 4.69) is 4.37 Å². The Balaban J connectivity index is 1.75. The highest BCUT2D eigenvalue weighted by Gasteiger charge is 2.56. The van der Waals surface area contributed by atoms with Gasteiger partial charge in [-0.2, -0.15) is 4.37 Å². The minimum Gasteiger partial charge on any atom is -0.387 e. The van der Waals surface area contributed by atoms with Gasteiger partial charge in [-0.05, 0) is 55.1 Å². The van der Waals surface area contributed by atoms with Crippen LogP contribution in [0.5, 0.6) is 0 Å². The molecule has 76 valence electrons. The van der Waals surface area contributed by atoms with Crippen LogP contribution in [0.15, 0.2) is 6.07 Å². The van der Waals surface area contributed by atoms with Crippen molar-refractivity contribution in [3.63, 3.8) is 0 Å². The average molecular weight is 209 g/mol. The Morgan fingerprint density at radius 3 is 2.79 bits per heavy atom. The number of rotatable bonds is 2. The Morgan fingerprint density at radius 1 is 1.50 bits per heavy atom. The van der Waals surface area contributed by atoms with Crippen molar-refractivity contribution >= 4 is 11.5 Å². The van der Waals surface area contributed by atoms with Crippen LogP contribution in [0.25, 0.3) is 0 Å². The molecule has 14 heavy (non-hydrogen) atoms. The molecule has 1 aromatic rings. The molecule has 0 bridgehead atoms. The van der Waals surface area contributed by atoms with Gasteiger partial charge in [0.25, 0.3) is 0 Å². The van der Waals surface area contributed by atoms with Crippen molar-refractivity contribution in [2.45, 2.75) is 32.3 Å². The first-order chi connectivity index (χ1) is 6.77. The van der Waals surface area contributed by atoms with Gasteiger partial charge < -0.3 is 5.11 Å². The largest absolute Gasteiger partial charge is 0.387 e. The maximum Gasteiger partial charge on any atom is 0.0931 e. The van der Waals surface area contributed by atoms with E-state index in [1.54, 1.807) is 0 Å². The Morgan fingerprint density at radius 2 is 2.21 bits per heavy atom. The van der Waals surface area contributed by atoms with Crippen LogP contribution in [-0.4, -0.2) is 9.48 Å². The van der Waals surface area contributed by atoms with Gasteiger partial charge in [-0.1, -0.05) is 6.42 Å². The van der Waals surface area contributed by atoms with Gasteiger partial charge in [-0.3, -0.25) is 0 Å². The van der Waals surface area contributed by atoms with Gasteiger partial charge in [-0.25, -0.2) is 0 Å². The van der Waals surface area contributed by atoms with E-state index in [1.807, 2.05) is 13.0 Å². The molecule has 2 aliphatic carbocycles. The number of hydrogen-bond donors (Lipinski definition) is 1. The average Bonchev–Trinajstić information content (AvgIpc) is 2.56. The highest BCUT2D eigenvalue weighted by molar-refractivity contribution is 7.05. The van der Waals surface area contributed by atoms with Crippen molar-refractivity contribution in [3.8, 4) is 0 Å². The second kappa shape index (κ2) is 3.04. The summed E-state index contributed by atoms with van der Waals surface area (Å²) in [6.07, 6.45) is 3.82. The molecule has 0 amide bonds. The molecular weight excluding hydrogens is 194 g/mol. The predicted molar refractivity (Wildman–Crippen MR) is 56.1 cm³/mol. The van der Waals surface area contributed by atoms with Crippen LogP contribution < -0.4 is 0 Å². The summed E-state index contributed by atoms with van der Waals surface area (Å²) in [5.41, 5.74) is 1.04. The van der Waals surface area contributed by atoms with Crippen LogP contribution in [0.1, 0.15) is 35.9 Å². The lowest BCUT2D eigenvalue weighted by Crippen LogP contribution is -2.02. The summed E-state index contributed by atoms with van der Waals surface area (Å²) in [5, 5.41) is 10.1. The number of aliphatic hydroxyl groups excluding tert-OH is 1. The summed E-state index contributed by atoms with van der Waals surface area (Å²) < 4.78 is 4.22. The highest BCUT2D eigenvalue weighted by Crippen LogP contribution is 2.62. The van der Waals surface area contributed by atoms with Gasteiger partial charge in [0.15, 0.2) is 0 Å². The zero-order chi connectivity index (χ0) is 9.71. The molecule has 0 aliphatic heterocycles. The van der Waals surface area contributed by atoms with E-state index >= 15 is 0 Å². The molecule has 3 rings (SSSR count). The number of hydrogen-bond acceptors (Lipinski definition) is 3. The van der Waals surface area contributed by atoms with Gasteiger partial charge in [0.1, 0.15) is 0 Å². The lowest BCUT2D eigenvalue weighted by molar-refractivity contribution is 0.140. The third-order valence-electron chi connectivity index (χ3n) is 3.78. The van der Waals surface area contributed by atoms with Crippen LogP contribution in [0.3, 0.4) is 0 Å². The van der Waals surface area contributed by atoms with Gasteiger partial charge in [0.2, 0.25) is 0 Å². The lowest BCUT2D eigenvalue weighted by atomic mass is 10.1. The first kappa shape index (κ1) is 8.86. The molecule has 0 saturated heterocycles. The van der Waals surface area contributed by atoms with E-state index < -0.39 is 0 Å². The SMILES string of the molecule is Cc1cc(C(O)C2C3CCCC32)sn1. The number of aromatic nitrogens is 1. The molecule has 1 aromatic heterocycles. The van der Waals surface area contributed by atoms with E-state index in [4.69, 9.17) is 0 Å². The van der Waals surface area contributed by atoms with Crippen LogP contribution in [0, 0.1) is 24.7 Å². The molecular formula is C11H15NOS. The lowest BCUT2D eigenvalue weighted by Gasteiger charge is -2.09. The van der Waals surface area contributed by atoms with E-state index in [0.29, 0.717) is 5.92 Å². The van der Waals surface area contributed by atoms with E-state index in [-0.39, 0.29) is 6.10 Å². The molecule has 0 spiro atoms. The smallest absolute Gasteiger partial charge is 0.0931 e. The summed E-state index contributed by atoms with van der Waals surface area (Å²) in [5.74, 6) is 2.21. The molecule has 0 aromatic carbocycles. The number of aryl methyl sites for hydroxylation is 1. The normalized spacial score (nSPS) is 36.9. The van der Waals surface area contributed by atoms with Gasteiger partial charge >= 0.3 is 0 Å². The highest BCUT2D eigenvalue weighted by atomic mass is 32.1. The molecule has 3 heteroatoms. The summed E-state index contributed by atoms with van der Waals surface area (Å²) in [6.45, 7) is 1.99. The van der Waals surface area contributed by atoms with E-state index in [9.17, 15) is 5.11 Å². The molecule has 0 radical (unpaired) electrons. The second-order valence-electron chi connectivity index (χ2n) is 4.65. The standard InChI is InChI=1S/C11H15NOS/c1-6-5-9(14-12-6)11(13)10-7-3-2-4-8(7)10/h5,7-8,10-11,13H,2-4H2,1H3. The predicted octanol–water partition coefficient (Wildman–Crippen LogP) is 2.53.